The van der Waals surface area contributed by atoms with Crippen LogP contribution in [0.25, 0.3) is 0 Å². The molecule has 0 rings (SSSR count). The predicted octanol–water partition coefficient (Wildman–Crippen LogP) is 23.9. The van der Waals surface area contributed by atoms with E-state index in [0.717, 1.165) is 96.3 Å². The lowest BCUT2D eigenvalue weighted by Gasteiger charge is -2.18. The molecule has 0 aromatic rings. The quantitative estimate of drug-likeness (QED) is 0.0261. The third kappa shape index (κ3) is 65.8. The van der Waals surface area contributed by atoms with Crippen molar-refractivity contribution < 1.29 is 28.6 Å². The molecule has 1 atom stereocenters. The number of hydrogen-bond acceptors (Lipinski definition) is 6. The van der Waals surface area contributed by atoms with Gasteiger partial charge in [0.1, 0.15) is 13.2 Å². The van der Waals surface area contributed by atoms with Gasteiger partial charge in [-0.2, -0.15) is 0 Å². The van der Waals surface area contributed by atoms with E-state index < -0.39 is 6.10 Å². The van der Waals surface area contributed by atoms with Crippen LogP contribution in [0.15, 0.2) is 60.8 Å². The maximum Gasteiger partial charge on any atom is 0.306 e. The highest BCUT2D eigenvalue weighted by Gasteiger charge is 2.19. The second-order valence-corrected chi connectivity index (χ2v) is 23.4. The zero-order valence-electron chi connectivity index (χ0n) is 52.9. The molecule has 0 spiro atoms. The maximum absolute atomic E-state index is 12.9. The van der Waals surface area contributed by atoms with Crippen LogP contribution in [0.3, 0.4) is 0 Å². The van der Waals surface area contributed by atoms with E-state index >= 15 is 0 Å². The fourth-order valence-corrected chi connectivity index (χ4v) is 10.2. The number of esters is 3. The second-order valence-electron chi connectivity index (χ2n) is 23.4. The Hall–Kier alpha value is -2.89. The van der Waals surface area contributed by atoms with Crippen molar-refractivity contribution in [2.45, 2.75) is 374 Å². The predicted molar refractivity (Wildman–Crippen MR) is 344 cm³/mol. The van der Waals surface area contributed by atoms with E-state index in [4.69, 9.17) is 14.2 Å². The van der Waals surface area contributed by atoms with Gasteiger partial charge >= 0.3 is 17.9 Å². The average molecular weight is 1110 g/mol. The van der Waals surface area contributed by atoms with Crippen LogP contribution in [-0.2, 0) is 28.6 Å². The molecule has 0 fully saturated rings. The zero-order valence-corrected chi connectivity index (χ0v) is 52.9. The fraction of sp³-hybridized carbons (Fsp3) is 0.822. The summed E-state index contributed by atoms with van der Waals surface area (Å²) < 4.78 is 17.0. The zero-order chi connectivity index (χ0) is 57.1. The molecule has 6 nitrogen and oxygen atoms in total. The van der Waals surface area contributed by atoms with Crippen molar-refractivity contribution in [1.29, 1.82) is 0 Å². The summed E-state index contributed by atoms with van der Waals surface area (Å²) in [5.74, 6) is -0.881. The molecule has 0 heterocycles. The van der Waals surface area contributed by atoms with E-state index in [1.54, 1.807) is 0 Å². The number of rotatable bonds is 64. The van der Waals surface area contributed by atoms with Crippen molar-refractivity contribution in [3.8, 4) is 0 Å². The first-order chi connectivity index (χ1) is 39.0. The van der Waals surface area contributed by atoms with Crippen molar-refractivity contribution >= 4 is 17.9 Å². The molecule has 0 bridgehead atoms. The van der Waals surface area contributed by atoms with Gasteiger partial charge in [0.2, 0.25) is 0 Å². The Labute approximate surface area is 491 Å². The smallest absolute Gasteiger partial charge is 0.306 e. The molecule has 0 saturated carbocycles. The van der Waals surface area contributed by atoms with Gasteiger partial charge in [-0.3, -0.25) is 14.4 Å². The lowest BCUT2D eigenvalue weighted by atomic mass is 10.0. The summed E-state index contributed by atoms with van der Waals surface area (Å²) in [4.78, 5) is 38.4. The monoisotopic (exact) mass is 1110 g/mol. The van der Waals surface area contributed by atoms with Crippen LogP contribution in [-0.4, -0.2) is 37.2 Å². The summed E-state index contributed by atoms with van der Waals surface area (Å²) in [7, 11) is 0. The summed E-state index contributed by atoms with van der Waals surface area (Å²) >= 11 is 0. The van der Waals surface area contributed by atoms with Crippen LogP contribution >= 0.6 is 0 Å². The van der Waals surface area contributed by atoms with Gasteiger partial charge in [-0.15, -0.1) is 0 Å². The van der Waals surface area contributed by atoms with Crippen LogP contribution in [0.1, 0.15) is 367 Å². The van der Waals surface area contributed by atoms with Gasteiger partial charge in [-0.1, -0.05) is 300 Å². The van der Waals surface area contributed by atoms with E-state index in [1.807, 2.05) is 0 Å². The standard InChI is InChI=1S/C73H132O6/c1-4-7-10-13-16-19-22-25-28-31-32-33-34-35-36-37-38-39-40-41-42-43-46-48-51-54-57-60-63-66-72(75)78-69-70(79-73(76)67-64-61-58-55-52-49-45-30-27-24-21-18-15-12-9-6-3)68-77-71(74)65-62-59-56-53-50-47-44-29-26-23-20-17-14-11-8-5-2/h21-22,24-25,29-32,44-45,70H,4-20,23,26-28,33-43,46-69H2,1-3H3/b24-21-,25-22-,32-31-,44-29-,45-30-. The van der Waals surface area contributed by atoms with Crippen molar-refractivity contribution in [3.05, 3.63) is 60.8 Å². The molecule has 0 saturated heterocycles. The van der Waals surface area contributed by atoms with Crippen LogP contribution in [0.2, 0.25) is 0 Å². The minimum atomic E-state index is -0.785. The van der Waals surface area contributed by atoms with E-state index in [2.05, 4.69) is 81.5 Å². The molecule has 0 amide bonds. The Morgan fingerprint density at radius 2 is 0.456 bits per heavy atom. The highest BCUT2D eigenvalue weighted by atomic mass is 16.6. The first kappa shape index (κ1) is 76.1. The van der Waals surface area contributed by atoms with Crippen LogP contribution in [0.5, 0.6) is 0 Å². The molecule has 460 valence electrons. The van der Waals surface area contributed by atoms with Crippen molar-refractivity contribution in [1.82, 2.24) is 0 Å². The summed E-state index contributed by atoms with van der Waals surface area (Å²) in [6, 6.07) is 0. The first-order valence-corrected chi connectivity index (χ1v) is 34.8. The minimum absolute atomic E-state index is 0.0795. The van der Waals surface area contributed by atoms with Gasteiger partial charge in [0.05, 0.1) is 0 Å². The lowest BCUT2D eigenvalue weighted by Crippen LogP contribution is -2.30. The molecule has 6 heteroatoms. The van der Waals surface area contributed by atoms with E-state index in [-0.39, 0.29) is 31.1 Å². The minimum Gasteiger partial charge on any atom is -0.462 e. The summed E-state index contributed by atoms with van der Waals surface area (Å²) in [5.41, 5.74) is 0. The third-order valence-electron chi connectivity index (χ3n) is 15.5. The van der Waals surface area contributed by atoms with Crippen molar-refractivity contribution in [2.24, 2.45) is 0 Å². The van der Waals surface area contributed by atoms with E-state index in [0.29, 0.717) is 19.3 Å². The molecule has 1 unspecified atom stereocenters. The second kappa shape index (κ2) is 67.6. The molecule has 0 aromatic heterocycles. The van der Waals surface area contributed by atoms with Crippen LogP contribution in [0.4, 0.5) is 0 Å². The van der Waals surface area contributed by atoms with Gasteiger partial charge in [0.15, 0.2) is 6.10 Å². The van der Waals surface area contributed by atoms with Crippen LogP contribution < -0.4 is 0 Å². The maximum atomic E-state index is 12.9. The Bertz CT molecular complexity index is 1410. The first-order valence-electron chi connectivity index (χ1n) is 34.8. The fourth-order valence-electron chi connectivity index (χ4n) is 10.2. The highest BCUT2D eigenvalue weighted by Crippen LogP contribution is 2.17. The molecule has 79 heavy (non-hydrogen) atoms. The molecule has 0 aromatic carbocycles. The molecule has 0 aliphatic carbocycles. The SMILES string of the molecule is CCCCCC/C=C\C/C=C\CCCCCCCC(=O)OC(COC(=O)CCCCCCC/C=C\CCCCCCCCC)COC(=O)CCCCCCCCCCCCCCCCCCC/C=C\C/C=C\CCCCCCC. The Balaban J connectivity index is 4.24. The summed E-state index contributed by atoms with van der Waals surface area (Å²) in [6.07, 6.45) is 86.7. The van der Waals surface area contributed by atoms with Gasteiger partial charge in [0.25, 0.3) is 0 Å². The number of allylic oxidation sites excluding steroid dienone is 10. The number of ether oxygens (including phenoxy) is 3. The van der Waals surface area contributed by atoms with Gasteiger partial charge in [-0.25, -0.2) is 0 Å². The Morgan fingerprint density at radius 1 is 0.253 bits per heavy atom. The number of carbonyl (C=O) groups is 3. The lowest BCUT2D eigenvalue weighted by molar-refractivity contribution is -0.167. The molecular weight excluding hydrogens is 973 g/mol. The highest BCUT2D eigenvalue weighted by molar-refractivity contribution is 5.71. The Kier molecular flexibility index (Phi) is 65.1. The number of unbranched alkanes of at least 4 members (excludes halogenated alkanes) is 43. The van der Waals surface area contributed by atoms with E-state index in [9.17, 15) is 14.4 Å². The largest absolute Gasteiger partial charge is 0.462 e. The topological polar surface area (TPSA) is 78.9 Å². The summed E-state index contributed by atoms with van der Waals surface area (Å²) in [6.45, 7) is 6.64. The molecule has 0 radical (unpaired) electrons. The Morgan fingerprint density at radius 3 is 0.722 bits per heavy atom. The normalized spacial score (nSPS) is 12.4. The van der Waals surface area contributed by atoms with Crippen LogP contribution in [0, 0.1) is 0 Å². The van der Waals surface area contributed by atoms with Crippen molar-refractivity contribution in [2.75, 3.05) is 13.2 Å². The van der Waals surface area contributed by atoms with Gasteiger partial charge in [0, 0.05) is 19.3 Å². The van der Waals surface area contributed by atoms with Gasteiger partial charge < -0.3 is 14.2 Å². The third-order valence-corrected chi connectivity index (χ3v) is 15.5. The molecular formula is C73H132O6. The molecule has 0 aliphatic heterocycles. The number of hydrogen-bond donors (Lipinski definition) is 0. The van der Waals surface area contributed by atoms with Crippen molar-refractivity contribution in [3.63, 3.8) is 0 Å². The summed E-state index contributed by atoms with van der Waals surface area (Å²) in [5, 5.41) is 0. The van der Waals surface area contributed by atoms with E-state index in [1.165, 1.54) is 231 Å². The average Bonchev–Trinajstić information content (AvgIpc) is 3.45. The molecule has 0 aliphatic rings. The molecule has 0 N–H and O–H groups in total. The van der Waals surface area contributed by atoms with Gasteiger partial charge in [-0.05, 0) is 109 Å². The number of carbonyl (C=O) groups excluding carboxylic acids is 3.